The van der Waals surface area contributed by atoms with Crippen LogP contribution >= 0.6 is 0 Å². The molecule has 15 heavy (non-hydrogen) atoms. The molecule has 1 N–H and O–H groups in total. The van der Waals surface area contributed by atoms with Gasteiger partial charge < -0.3 is 5.32 Å². The third-order valence-electron chi connectivity index (χ3n) is 2.51. The normalized spacial score (nSPS) is 13.3. The number of carbonyl (C=O) groups is 1. The highest BCUT2D eigenvalue weighted by Crippen LogP contribution is 2.34. The van der Waals surface area contributed by atoms with Gasteiger partial charge in [-0.05, 0) is 11.0 Å². The molecule has 0 unspecified atom stereocenters. The second-order valence-corrected chi connectivity index (χ2v) is 4.82. The largest absolute Gasteiger partial charge is 0.359 e. The minimum Gasteiger partial charge on any atom is -0.359 e. The Morgan fingerprint density at radius 3 is 2.13 bits per heavy atom. The van der Waals surface area contributed by atoms with Crippen LogP contribution in [0.15, 0.2) is 30.3 Å². The summed E-state index contributed by atoms with van der Waals surface area (Å²) in [6, 6.07) is 9.91. The van der Waals surface area contributed by atoms with Crippen molar-refractivity contribution in [1.82, 2.24) is 5.32 Å². The Balaban J connectivity index is 3.08. The number of hydrogen-bond donors (Lipinski definition) is 1. The van der Waals surface area contributed by atoms with E-state index in [1.54, 1.807) is 7.05 Å². The van der Waals surface area contributed by atoms with Crippen molar-refractivity contribution in [3.05, 3.63) is 35.9 Å². The maximum absolute atomic E-state index is 11.8. The second-order valence-electron chi connectivity index (χ2n) is 4.82. The van der Waals surface area contributed by atoms with Gasteiger partial charge in [-0.1, -0.05) is 51.1 Å². The molecule has 0 radical (unpaired) electrons. The van der Waals surface area contributed by atoms with E-state index in [4.69, 9.17) is 0 Å². The Morgan fingerprint density at radius 2 is 1.73 bits per heavy atom. The molecule has 2 nitrogen and oxygen atoms in total. The lowest BCUT2D eigenvalue weighted by Gasteiger charge is -2.29. The molecule has 82 valence electrons. The standard InChI is InChI=1S/C13H19NO/c1-13(2,3)11(12(15)14-4)10-8-6-5-7-9-10/h5-9,11H,1-4H3,(H,14,15)/t11-/m0/s1. The molecule has 0 aromatic heterocycles. The summed E-state index contributed by atoms with van der Waals surface area (Å²) in [5.41, 5.74) is 1.01. The van der Waals surface area contributed by atoms with E-state index in [0.29, 0.717) is 0 Å². The van der Waals surface area contributed by atoms with Gasteiger partial charge in [0.05, 0.1) is 5.92 Å². The summed E-state index contributed by atoms with van der Waals surface area (Å²) >= 11 is 0. The zero-order valence-electron chi connectivity index (χ0n) is 9.87. The van der Waals surface area contributed by atoms with Crippen molar-refractivity contribution in [1.29, 1.82) is 0 Å². The molecule has 0 aliphatic heterocycles. The smallest absolute Gasteiger partial charge is 0.227 e. The van der Waals surface area contributed by atoms with Gasteiger partial charge in [-0.25, -0.2) is 0 Å². The van der Waals surface area contributed by atoms with Gasteiger partial charge >= 0.3 is 0 Å². The zero-order chi connectivity index (χ0) is 11.5. The van der Waals surface area contributed by atoms with Crippen LogP contribution in [-0.4, -0.2) is 13.0 Å². The Kier molecular flexibility index (Phi) is 3.51. The van der Waals surface area contributed by atoms with Crippen LogP contribution in [0.1, 0.15) is 32.3 Å². The van der Waals surface area contributed by atoms with Gasteiger partial charge in [0.15, 0.2) is 0 Å². The Morgan fingerprint density at radius 1 is 1.20 bits per heavy atom. The molecule has 1 atom stereocenters. The molecule has 0 spiro atoms. The van der Waals surface area contributed by atoms with Crippen molar-refractivity contribution < 1.29 is 4.79 Å². The van der Waals surface area contributed by atoms with E-state index >= 15 is 0 Å². The molecule has 0 saturated heterocycles. The highest BCUT2D eigenvalue weighted by molar-refractivity contribution is 5.84. The third-order valence-corrected chi connectivity index (χ3v) is 2.51. The minimum absolute atomic E-state index is 0.0680. The predicted molar refractivity (Wildman–Crippen MR) is 62.7 cm³/mol. The summed E-state index contributed by atoms with van der Waals surface area (Å²) in [6.45, 7) is 6.25. The molecular formula is C13H19NO. The van der Waals surface area contributed by atoms with Gasteiger partial charge in [-0.15, -0.1) is 0 Å². The molecular weight excluding hydrogens is 186 g/mol. The van der Waals surface area contributed by atoms with Gasteiger partial charge in [0.2, 0.25) is 5.91 Å². The molecule has 1 amide bonds. The lowest BCUT2D eigenvalue weighted by Crippen LogP contribution is -2.34. The van der Waals surface area contributed by atoms with Crippen molar-refractivity contribution in [2.75, 3.05) is 7.05 Å². The fraction of sp³-hybridized carbons (Fsp3) is 0.462. The average Bonchev–Trinajstić information content (AvgIpc) is 2.17. The van der Waals surface area contributed by atoms with Crippen LogP contribution in [-0.2, 0) is 4.79 Å². The van der Waals surface area contributed by atoms with Crippen LogP contribution in [0.3, 0.4) is 0 Å². The Bertz CT molecular complexity index is 324. The number of hydrogen-bond acceptors (Lipinski definition) is 1. The SMILES string of the molecule is CNC(=O)[C@H](c1ccccc1)C(C)(C)C. The molecule has 0 heterocycles. The fourth-order valence-corrected chi connectivity index (χ4v) is 1.83. The molecule has 0 fully saturated rings. The number of carbonyl (C=O) groups excluding carboxylic acids is 1. The maximum Gasteiger partial charge on any atom is 0.227 e. The molecule has 0 aliphatic rings. The number of nitrogens with one attached hydrogen (secondary N) is 1. The highest BCUT2D eigenvalue weighted by atomic mass is 16.1. The first-order valence-electron chi connectivity index (χ1n) is 5.23. The van der Waals surface area contributed by atoms with Gasteiger partial charge in [0.1, 0.15) is 0 Å². The fourth-order valence-electron chi connectivity index (χ4n) is 1.83. The van der Waals surface area contributed by atoms with Crippen LogP contribution in [0.25, 0.3) is 0 Å². The zero-order valence-corrected chi connectivity index (χ0v) is 9.87. The van der Waals surface area contributed by atoms with Crippen LogP contribution in [0.5, 0.6) is 0 Å². The monoisotopic (exact) mass is 205 g/mol. The number of likely N-dealkylation sites (N-methyl/N-ethyl adjacent to an activating group) is 1. The minimum atomic E-state index is -0.0938. The van der Waals surface area contributed by atoms with E-state index in [0.717, 1.165) is 5.56 Å². The quantitative estimate of drug-likeness (QED) is 0.790. The molecule has 0 aliphatic carbocycles. The van der Waals surface area contributed by atoms with Gasteiger partial charge in [-0.3, -0.25) is 4.79 Å². The van der Waals surface area contributed by atoms with Gasteiger partial charge in [-0.2, -0.15) is 0 Å². The summed E-state index contributed by atoms with van der Waals surface area (Å²) in [5.74, 6) is -0.0163. The summed E-state index contributed by atoms with van der Waals surface area (Å²) in [4.78, 5) is 11.8. The second kappa shape index (κ2) is 4.47. The Hall–Kier alpha value is -1.31. The molecule has 0 saturated carbocycles. The van der Waals surface area contributed by atoms with Crippen molar-refractivity contribution >= 4 is 5.91 Å². The summed E-state index contributed by atoms with van der Waals surface area (Å²) in [6.07, 6.45) is 0. The van der Waals surface area contributed by atoms with Gasteiger partial charge in [0.25, 0.3) is 0 Å². The first kappa shape index (κ1) is 11.8. The third kappa shape index (κ3) is 2.82. The van der Waals surface area contributed by atoms with Crippen molar-refractivity contribution in [3.63, 3.8) is 0 Å². The highest BCUT2D eigenvalue weighted by Gasteiger charge is 2.31. The van der Waals surface area contributed by atoms with Crippen molar-refractivity contribution in [2.45, 2.75) is 26.7 Å². The molecule has 1 rings (SSSR count). The predicted octanol–water partition coefficient (Wildman–Crippen LogP) is 2.56. The maximum atomic E-state index is 11.8. The van der Waals surface area contributed by atoms with E-state index in [9.17, 15) is 4.79 Å². The molecule has 1 aromatic rings. The van der Waals surface area contributed by atoms with Crippen LogP contribution in [0.2, 0.25) is 0 Å². The summed E-state index contributed by atoms with van der Waals surface area (Å²) in [5, 5.41) is 2.73. The van der Waals surface area contributed by atoms with Crippen LogP contribution < -0.4 is 5.32 Å². The lowest BCUT2D eigenvalue weighted by molar-refractivity contribution is -0.124. The number of amides is 1. The molecule has 1 aromatic carbocycles. The molecule has 0 bridgehead atoms. The van der Waals surface area contributed by atoms with Crippen molar-refractivity contribution in [2.24, 2.45) is 5.41 Å². The lowest BCUT2D eigenvalue weighted by atomic mass is 9.76. The van der Waals surface area contributed by atoms with E-state index in [1.165, 1.54) is 0 Å². The summed E-state index contributed by atoms with van der Waals surface area (Å²) < 4.78 is 0. The van der Waals surface area contributed by atoms with Gasteiger partial charge in [0, 0.05) is 7.05 Å². The Labute approximate surface area is 91.7 Å². The number of benzene rings is 1. The molecule has 2 heteroatoms. The average molecular weight is 205 g/mol. The van der Waals surface area contributed by atoms with E-state index < -0.39 is 0 Å². The van der Waals surface area contributed by atoms with E-state index in [2.05, 4.69) is 26.1 Å². The van der Waals surface area contributed by atoms with Crippen LogP contribution in [0.4, 0.5) is 0 Å². The first-order chi connectivity index (χ1) is 6.96. The van der Waals surface area contributed by atoms with E-state index in [-0.39, 0.29) is 17.2 Å². The topological polar surface area (TPSA) is 29.1 Å². The van der Waals surface area contributed by atoms with Crippen LogP contribution in [0, 0.1) is 5.41 Å². The van der Waals surface area contributed by atoms with Crippen molar-refractivity contribution in [3.8, 4) is 0 Å². The van der Waals surface area contributed by atoms with E-state index in [1.807, 2.05) is 30.3 Å². The number of rotatable bonds is 2. The first-order valence-corrected chi connectivity index (χ1v) is 5.23. The summed E-state index contributed by atoms with van der Waals surface area (Å²) in [7, 11) is 1.68.